The third kappa shape index (κ3) is 2.82. The first-order valence-electron chi connectivity index (χ1n) is 9.73. The van der Waals surface area contributed by atoms with Crippen molar-refractivity contribution in [3.05, 3.63) is 137 Å². The third-order valence-electron chi connectivity index (χ3n) is 5.51. The predicted molar refractivity (Wildman–Crippen MR) is 121 cm³/mol. The fourth-order valence-electron chi connectivity index (χ4n) is 4.29. The summed E-state index contributed by atoms with van der Waals surface area (Å²) in [5.74, 6) is 0.124. The molecule has 0 atom stereocenters. The molecular weight excluding hydrogens is 366 g/mol. The Bertz CT molecular complexity index is 1250. The van der Waals surface area contributed by atoms with Gasteiger partial charge in [0.25, 0.3) is 0 Å². The van der Waals surface area contributed by atoms with Crippen molar-refractivity contribution in [2.45, 2.75) is 5.92 Å². The van der Waals surface area contributed by atoms with Crippen LogP contribution in [0.2, 0.25) is 0 Å². The summed E-state index contributed by atoms with van der Waals surface area (Å²) in [6, 6.07) is 32.7. The van der Waals surface area contributed by atoms with Gasteiger partial charge in [0.2, 0.25) is 0 Å². The Morgan fingerprint density at radius 2 is 1.10 bits per heavy atom. The maximum Gasteiger partial charge on any atom is 0.179 e. The van der Waals surface area contributed by atoms with Crippen LogP contribution in [0.3, 0.4) is 0 Å². The highest BCUT2D eigenvalue weighted by atomic mass is 15.2. The summed E-state index contributed by atoms with van der Waals surface area (Å²) in [6.45, 7) is 14.9. The van der Waals surface area contributed by atoms with Crippen LogP contribution in [0.5, 0.6) is 0 Å². The van der Waals surface area contributed by atoms with E-state index in [9.17, 15) is 0 Å². The Kier molecular flexibility index (Phi) is 4.28. The first-order valence-corrected chi connectivity index (χ1v) is 9.73. The SMILES string of the molecule is [C-]#[N+]c1cc([N+]#[C-])cc(N2c3ccccc3C(c3ccccc3)c3ccccc32)c1. The number of para-hydroxylation sites is 2. The summed E-state index contributed by atoms with van der Waals surface area (Å²) in [5.41, 5.74) is 7.58. The van der Waals surface area contributed by atoms with E-state index in [2.05, 4.69) is 75.3 Å². The molecule has 30 heavy (non-hydrogen) atoms. The minimum atomic E-state index is 0.124. The summed E-state index contributed by atoms with van der Waals surface area (Å²) in [6.07, 6.45) is 0. The lowest BCUT2D eigenvalue weighted by atomic mass is 9.80. The molecular formula is C27H17N3. The van der Waals surface area contributed by atoms with E-state index in [4.69, 9.17) is 13.1 Å². The van der Waals surface area contributed by atoms with Crippen LogP contribution in [0.25, 0.3) is 9.69 Å². The summed E-state index contributed by atoms with van der Waals surface area (Å²) < 4.78 is 0. The van der Waals surface area contributed by atoms with Crippen molar-refractivity contribution in [2.75, 3.05) is 4.90 Å². The van der Waals surface area contributed by atoms with E-state index in [1.54, 1.807) is 6.07 Å². The number of anilines is 3. The van der Waals surface area contributed by atoms with E-state index in [-0.39, 0.29) is 5.92 Å². The standard InChI is InChI=1S/C27H17N3/c1-28-20-16-21(29-2)18-22(17-20)30-25-14-8-6-12-23(25)27(19-10-4-3-5-11-19)24-13-7-9-15-26(24)30/h3-18,27H. The average molecular weight is 383 g/mol. The van der Waals surface area contributed by atoms with Crippen molar-refractivity contribution in [2.24, 2.45) is 0 Å². The van der Waals surface area contributed by atoms with Gasteiger partial charge in [-0.25, -0.2) is 9.69 Å². The molecule has 0 saturated heterocycles. The number of benzene rings is 4. The molecule has 1 aliphatic heterocycles. The fraction of sp³-hybridized carbons (Fsp3) is 0.0370. The lowest BCUT2D eigenvalue weighted by Gasteiger charge is -2.38. The minimum Gasteiger partial charge on any atom is -0.312 e. The van der Waals surface area contributed by atoms with Crippen LogP contribution < -0.4 is 4.90 Å². The van der Waals surface area contributed by atoms with E-state index < -0.39 is 0 Å². The normalized spacial score (nSPS) is 12.4. The number of rotatable bonds is 2. The van der Waals surface area contributed by atoms with Crippen molar-refractivity contribution < 1.29 is 0 Å². The zero-order valence-corrected chi connectivity index (χ0v) is 16.2. The van der Waals surface area contributed by atoms with Gasteiger partial charge in [-0.05, 0) is 41.0 Å². The van der Waals surface area contributed by atoms with Crippen LogP contribution in [-0.4, -0.2) is 0 Å². The highest BCUT2D eigenvalue weighted by Crippen LogP contribution is 2.51. The molecule has 3 nitrogen and oxygen atoms in total. The van der Waals surface area contributed by atoms with E-state index in [0.29, 0.717) is 11.4 Å². The molecule has 0 fully saturated rings. The van der Waals surface area contributed by atoms with Gasteiger partial charge in [-0.1, -0.05) is 72.8 Å². The molecule has 1 aliphatic rings. The maximum absolute atomic E-state index is 7.46. The van der Waals surface area contributed by atoms with Crippen LogP contribution >= 0.6 is 0 Å². The average Bonchev–Trinajstić information content (AvgIpc) is 2.82. The second kappa shape index (κ2) is 7.24. The van der Waals surface area contributed by atoms with Gasteiger partial charge in [0.05, 0.1) is 24.5 Å². The van der Waals surface area contributed by atoms with E-state index in [1.165, 1.54) is 16.7 Å². The smallest absolute Gasteiger partial charge is 0.179 e. The van der Waals surface area contributed by atoms with Gasteiger partial charge in [0, 0.05) is 11.6 Å². The Morgan fingerprint density at radius 1 is 0.600 bits per heavy atom. The molecule has 0 aliphatic carbocycles. The van der Waals surface area contributed by atoms with E-state index in [0.717, 1.165) is 17.1 Å². The molecule has 0 unspecified atom stereocenters. The molecule has 0 spiro atoms. The van der Waals surface area contributed by atoms with Crippen LogP contribution in [-0.2, 0) is 0 Å². The van der Waals surface area contributed by atoms with Gasteiger partial charge in [-0.3, -0.25) is 0 Å². The van der Waals surface area contributed by atoms with Crippen molar-refractivity contribution in [3.63, 3.8) is 0 Å². The Labute approximate surface area is 176 Å². The molecule has 0 bridgehead atoms. The van der Waals surface area contributed by atoms with Gasteiger partial charge in [-0.15, -0.1) is 0 Å². The molecule has 4 aromatic carbocycles. The fourth-order valence-corrected chi connectivity index (χ4v) is 4.29. The molecule has 0 amide bonds. The maximum atomic E-state index is 7.46. The van der Waals surface area contributed by atoms with Gasteiger partial charge in [0.15, 0.2) is 11.4 Å². The molecule has 140 valence electrons. The summed E-state index contributed by atoms with van der Waals surface area (Å²) in [7, 11) is 0. The lowest BCUT2D eigenvalue weighted by Crippen LogP contribution is -2.22. The lowest BCUT2D eigenvalue weighted by molar-refractivity contribution is 0.939. The van der Waals surface area contributed by atoms with Crippen molar-refractivity contribution >= 4 is 28.4 Å². The van der Waals surface area contributed by atoms with Gasteiger partial charge < -0.3 is 4.90 Å². The van der Waals surface area contributed by atoms with Crippen molar-refractivity contribution in [1.82, 2.24) is 0 Å². The predicted octanol–water partition coefficient (Wildman–Crippen LogP) is 7.75. The van der Waals surface area contributed by atoms with Crippen LogP contribution in [0.4, 0.5) is 28.4 Å². The second-order valence-corrected chi connectivity index (χ2v) is 7.23. The first-order chi connectivity index (χ1) is 14.8. The van der Waals surface area contributed by atoms with Gasteiger partial charge in [0.1, 0.15) is 0 Å². The Balaban J connectivity index is 1.80. The van der Waals surface area contributed by atoms with Crippen LogP contribution in [0, 0.1) is 13.1 Å². The summed E-state index contributed by atoms with van der Waals surface area (Å²) >= 11 is 0. The molecule has 0 N–H and O–H groups in total. The topological polar surface area (TPSA) is 12.0 Å². The highest BCUT2D eigenvalue weighted by Gasteiger charge is 2.31. The zero-order chi connectivity index (χ0) is 20.5. The molecule has 0 radical (unpaired) electrons. The monoisotopic (exact) mass is 383 g/mol. The van der Waals surface area contributed by atoms with Crippen molar-refractivity contribution in [1.29, 1.82) is 0 Å². The molecule has 0 aromatic heterocycles. The Hall–Kier alpha value is -4.34. The second-order valence-electron chi connectivity index (χ2n) is 7.23. The molecule has 4 aromatic rings. The van der Waals surface area contributed by atoms with E-state index in [1.807, 2.05) is 30.3 Å². The molecule has 3 heteroatoms. The van der Waals surface area contributed by atoms with Gasteiger partial charge in [-0.2, -0.15) is 0 Å². The third-order valence-corrected chi connectivity index (χ3v) is 5.51. The summed E-state index contributed by atoms with van der Waals surface area (Å²) in [4.78, 5) is 9.35. The number of hydrogen-bond acceptors (Lipinski definition) is 1. The number of hydrogen-bond donors (Lipinski definition) is 0. The van der Waals surface area contributed by atoms with Crippen LogP contribution in [0.1, 0.15) is 22.6 Å². The largest absolute Gasteiger partial charge is 0.312 e. The minimum absolute atomic E-state index is 0.124. The molecule has 1 heterocycles. The highest BCUT2D eigenvalue weighted by molar-refractivity contribution is 5.88. The number of fused-ring (bicyclic) bond motifs is 2. The summed E-state index contributed by atoms with van der Waals surface area (Å²) in [5, 5.41) is 0. The molecule has 5 rings (SSSR count). The van der Waals surface area contributed by atoms with E-state index >= 15 is 0 Å². The first kappa shape index (κ1) is 17.7. The van der Waals surface area contributed by atoms with Gasteiger partial charge >= 0.3 is 0 Å². The quantitative estimate of drug-likeness (QED) is 0.284. The zero-order valence-electron chi connectivity index (χ0n) is 16.2. The van der Waals surface area contributed by atoms with Crippen molar-refractivity contribution in [3.8, 4) is 0 Å². The number of nitrogens with zero attached hydrogens (tertiary/aromatic N) is 3. The Morgan fingerprint density at radius 3 is 1.63 bits per heavy atom. The molecule has 0 saturated carbocycles. The van der Waals surface area contributed by atoms with Crippen LogP contribution in [0.15, 0.2) is 97.1 Å².